The molecule has 0 saturated carbocycles. The number of aryl methyl sites for hydroxylation is 2. The second-order valence-electron chi connectivity index (χ2n) is 8.13. The minimum atomic E-state index is -3.79. The van der Waals surface area contributed by atoms with Crippen molar-refractivity contribution in [1.82, 2.24) is 15.1 Å². The summed E-state index contributed by atoms with van der Waals surface area (Å²) in [6.45, 7) is 6.33. The first-order valence-electron chi connectivity index (χ1n) is 10.9. The zero-order valence-corrected chi connectivity index (χ0v) is 19.9. The van der Waals surface area contributed by atoms with Crippen molar-refractivity contribution in [3.63, 3.8) is 0 Å². The van der Waals surface area contributed by atoms with Gasteiger partial charge in [0.05, 0.1) is 23.6 Å². The lowest BCUT2D eigenvalue weighted by Crippen LogP contribution is -2.32. The molecule has 9 heteroatoms. The van der Waals surface area contributed by atoms with Gasteiger partial charge in [0.15, 0.2) is 0 Å². The number of anilines is 1. The SMILES string of the molecule is Cc1cccc(OCCNC(=O)Cn2nc(C)c(S(=O)(=O)N3CCc4ccccc43)c2C)c1. The van der Waals surface area contributed by atoms with Crippen molar-refractivity contribution in [3.05, 3.63) is 71.0 Å². The Labute approximate surface area is 194 Å². The van der Waals surface area contributed by atoms with Crippen LogP contribution < -0.4 is 14.4 Å². The van der Waals surface area contributed by atoms with Crippen molar-refractivity contribution in [1.29, 1.82) is 0 Å². The molecule has 0 atom stereocenters. The van der Waals surface area contributed by atoms with Crippen molar-refractivity contribution < 1.29 is 17.9 Å². The van der Waals surface area contributed by atoms with Crippen LogP contribution in [-0.4, -0.2) is 43.8 Å². The molecule has 1 N–H and O–H groups in total. The molecule has 3 aromatic rings. The molecule has 1 aromatic heterocycles. The molecule has 1 aliphatic heterocycles. The van der Waals surface area contributed by atoms with Gasteiger partial charge in [-0.25, -0.2) is 8.42 Å². The van der Waals surface area contributed by atoms with Gasteiger partial charge in [-0.05, 0) is 56.5 Å². The van der Waals surface area contributed by atoms with Gasteiger partial charge in [-0.1, -0.05) is 30.3 Å². The van der Waals surface area contributed by atoms with Gasteiger partial charge in [0.25, 0.3) is 10.0 Å². The van der Waals surface area contributed by atoms with Crippen molar-refractivity contribution in [2.24, 2.45) is 0 Å². The quantitative estimate of drug-likeness (QED) is 0.513. The zero-order chi connectivity index (χ0) is 23.6. The van der Waals surface area contributed by atoms with Crippen LogP contribution in [0.4, 0.5) is 5.69 Å². The van der Waals surface area contributed by atoms with Crippen LogP contribution in [0.5, 0.6) is 5.75 Å². The molecule has 8 nitrogen and oxygen atoms in total. The number of ether oxygens (including phenoxy) is 1. The molecule has 2 heterocycles. The van der Waals surface area contributed by atoms with Crippen molar-refractivity contribution >= 4 is 21.6 Å². The predicted molar refractivity (Wildman–Crippen MR) is 126 cm³/mol. The summed E-state index contributed by atoms with van der Waals surface area (Å²) in [5.74, 6) is 0.491. The Bertz CT molecular complexity index is 1280. The molecule has 33 heavy (non-hydrogen) atoms. The summed E-state index contributed by atoms with van der Waals surface area (Å²) in [6.07, 6.45) is 0.675. The van der Waals surface area contributed by atoms with E-state index in [1.54, 1.807) is 13.8 Å². The minimum absolute atomic E-state index is 0.0662. The van der Waals surface area contributed by atoms with E-state index in [-0.39, 0.29) is 17.3 Å². The number of benzene rings is 2. The van der Waals surface area contributed by atoms with Gasteiger partial charge < -0.3 is 10.1 Å². The standard InChI is InChI=1S/C24H28N4O4S/c1-17-7-6-9-21(15-17)32-14-12-25-23(29)16-27-19(3)24(18(2)26-27)33(30,31)28-13-11-20-8-4-5-10-22(20)28/h4-10,15H,11-14,16H2,1-3H3,(H,25,29). The lowest BCUT2D eigenvalue weighted by molar-refractivity contribution is -0.122. The smallest absolute Gasteiger partial charge is 0.268 e. The van der Waals surface area contributed by atoms with Crippen LogP contribution in [0.2, 0.25) is 0 Å². The lowest BCUT2D eigenvalue weighted by Gasteiger charge is -2.19. The van der Waals surface area contributed by atoms with Crippen LogP contribution in [0, 0.1) is 20.8 Å². The van der Waals surface area contributed by atoms with Crippen LogP contribution in [0.3, 0.4) is 0 Å². The molecule has 0 spiro atoms. The summed E-state index contributed by atoms with van der Waals surface area (Å²) < 4.78 is 35.5. The van der Waals surface area contributed by atoms with Crippen LogP contribution in [0.15, 0.2) is 53.4 Å². The second-order valence-corrected chi connectivity index (χ2v) is 9.93. The number of nitrogens with zero attached hydrogens (tertiary/aromatic N) is 3. The Kier molecular flexibility index (Phi) is 6.42. The number of amides is 1. The molecule has 4 rings (SSSR count). The third-order valence-corrected chi connectivity index (χ3v) is 7.75. The summed E-state index contributed by atoms with van der Waals surface area (Å²) >= 11 is 0. The number of hydrogen-bond donors (Lipinski definition) is 1. The molecule has 1 amide bonds. The lowest BCUT2D eigenvalue weighted by atomic mass is 10.2. The molecule has 0 aliphatic carbocycles. The average Bonchev–Trinajstić information content (AvgIpc) is 3.33. The van der Waals surface area contributed by atoms with Gasteiger partial charge in [-0.2, -0.15) is 5.10 Å². The Morgan fingerprint density at radius 2 is 1.91 bits per heavy atom. The highest BCUT2D eigenvalue weighted by atomic mass is 32.2. The van der Waals surface area contributed by atoms with Crippen LogP contribution in [0.1, 0.15) is 22.5 Å². The Morgan fingerprint density at radius 3 is 2.70 bits per heavy atom. The molecule has 0 radical (unpaired) electrons. The fraction of sp³-hybridized carbons (Fsp3) is 0.333. The van der Waals surface area contributed by atoms with Crippen molar-refractivity contribution in [2.75, 3.05) is 24.0 Å². The monoisotopic (exact) mass is 468 g/mol. The summed E-state index contributed by atoms with van der Waals surface area (Å²) in [4.78, 5) is 12.6. The van der Waals surface area contributed by atoms with Crippen LogP contribution in [-0.2, 0) is 27.8 Å². The van der Waals surface area contributed by atoms with E-state index in [1.807, 2.05) is 55.5 Å². The van der Waals surface area contributed by atoms with Gasteiger partial charge in [-0.3, -0.25) is 13.8 Å². The number of carbonyl (C=O) groups is 1. The highest BCUT2D eigenvalue weighted by Gasteiger charge is 2.35. The van der Waals surface area contributed by atoms with E-state index in [0.717, 1.165) is 16.9 Å². The Morgan fingerprint density at radius 1 is 1.12 bits per heavy atom. The number of aromatic nitrogens is 2. The average molecular weight is 469 g/mol. The zero-order valence-electron chi connectivity index (χ0n) is 19.0. The van der Waals surface area contributed by atoms with E-state index < -0.39 is 10.0 Å². The van der Waals surface area contributed by atoms with E-state index in [2.05, 4.69) is 10.4 Å². The topological polar surface area (TPSA) is 93.5 Å². The number of hydrogen-bond acceptors (Lipinski definition) is 5. The van der Waals surface area contributed by atoms with Gasteiger partial charge in [-0.15, -0.1) is 0 Å². The first-order chi connectivity index (χ1) is 15.8. The number of rotatable bonds is 8. The number of fused-ring (bicyclic) bond motifs is 1. The van der Waals surface area contributed by atoms with Gasteiger partial charge in [0.2, 0.25) is 5.91 Å². The largest absolute Gasteiger partial charge is 0.492 e. The first-order valence-corrected chi connectivity index (χ1v) is 12.3. The normalized spacial score (nSPS) is 13.1. The van der Waals surface area contributed by atoms with E-state index in [0.29, 0.717) is 43.2 Å². The highest BCUT2D eigenvalue weighted by molar-refractivity contribution is 7.93. The predicted octanol–water partition coefficient (Wildman–Crippen LogP) is 2.75. The van der Waals surface area contributed by atoms with Gasteiger partial charge in [0.1, 0.15) is 23.8 Å². The maximum Gasteiger partial charge on any atom is 0.268 e. The van der Waals surface area contributed by atoms with Gasteiger partial charge in [0, 0.05) is 6.54 Å². The fourth-order valence-corrected chi connectivity index (χ4v) is 6.01. The van der Waals surface area contributed by atoms with E-state index in [9.17, 15) is 13.2 Å². The number of para-hydroxylation sites is 1. The molecule has 0 unspecified atom stereocenters. The molecular weight excluding hydrogens is 440 g/mol. The molecule has 174 valence electrons. The minimum Gasteiger partial charge on any atom is -0.492 e. The maximum atomic E-state index is 13.5. The molecule has 1 aliphatic rings. The Balaban J connectivity index is 1.41. The summed E-state index contributed by atoms with van der Waals surface area (Å²) in [5, 5.41) is 7.14. The third-order valence-electron chi connectivity index (χ3n) is 5.68. The number of sulfonamides is 1. The van der Waals surface area contributed by atoms with E-state index in [1.165, 1.54) is 8.99 Å². The molecular formula is C24H28N4O4S. The molecule has 0 saturated heterocycles. The number of nitrogens with one attached hydrogen (secondary N) is 1. The Hall–Kier alpha value is -3.33. The summed E-state index contributed by atoms with van der Waals surface area (Å²) in [7, 11) is -3.79. The molecule has 2 aromatic carbocycles. The second kappa shape index (κ2) is 9.27. The fourth-order valence-electron chi connectivity index (χ4n) is 4.13. The number of carbonyl (C=O) groups excluding carboxylic acids is 1. The first kappa shape index (κ1) is 22.8. The maximum absolute atomic E-state index is 13.5. The van der Waals surface area contributed by atoms with Crippen LogP contribution >= 0.6 is 0 Å². The summed E-state index contributed by atoms with van der Waals surface area (Å²) in [5.41, 5.74) is 3.64. The van der Waals surface area contributed by atoms with Crippen molar-refractivity contribution in [2.45, 2.75) is 38.6 Å². The van der Waals surface area contributed by atoms with Gasteiger partial charge >= 0.3 is 0 Å². The molecule has 0 fully saturated rings. The van der Waals surface area contributed by atoms with E-state index in [4.69, 9.17) is 4.74 Å². The molecule has 0 bridgehead atoms. The highest BCUT2D eigenvalue weighted by Crippen LogP contribution is 2.34. The van der Waals surface area contributed by atoms with Crippen LogP contribution in [0.25, 0.3) is 0 Å². The summed E-state index contributed by atoms with van der Waals surface area (Å²) in [6, 6.07) is 15.2. The third kappa shape index (κ3) is 4.73. The van der Waals surface area contributed by atoms with Crippen molar-refractivity contribution in [3.8, 4) is 5.75 Å². The van der Waals surface area contributed by atoms with E-state index >= 15 is 0 Å².